The summed E-state index contributed by atoms with van der Waals surface area (Å²) in [7, 11) is -3.24. The standard InChI is InChI=1S/C35H39F3N8O2S/c1-23-28-6-4-7-31(32(28)36)35(37,38)25-8-13-45(14-9-25)20-27-21-46(44-42-27)12-3-2-5-24-17-26(18-29-30(24)19-40-43-33(29)41-23)34(22-39)10-15-49(47,48)16-11-34/h4,6-7,17-19,21,23,25H,2-3,5,8-16,20H2,1H3,(H,41,43)/t23-/m1/s1. The van der Waals surface area contributed by atoms with E-state index in [-0.39, 0.29) is 42.8 Å². The van der Waals surface area contributed by atoms with Crippen molar-refractivity contribution in [3.63, 3.8) is 0 Å². The van der Waals surface area contributed by atoms with Crippen molar-refractivity contribution in [2.45, 2.75) is 82.3 Å². The van der Waals surface area contributed by atoms with Crippen molar-refractivity contribution in [1.29, 1.82) is 5.26 Å². The van der Waals surface area contributed by atoms with E-state index in [1.807, 2.05) is 18.3 Å². The molecule has 10 nitrogen and oxygen atoms in total. The predicted molar refractivity (Wildman–Crippen MR) is 178 cm³/mol. The number of halogens is 3. The molecule has 2 aromatic heterocycles. The molecular weight excluding hydrogens is 654 g/mol. The molecule has 0 amide bonds. The highest BCUT2D eigenvalue weighted by molar-refractivity contribution is 7.91. The first-order chi connectivity index (χ1) is 23.5. The highest BCUT2D eigenvalue weighted by Gasteiger charge is 2.45. The van der Waals surface area contributed by atoms with Gasteiger partial charge in [0.25, 0.3) is 5.92 Å². The summed E-state index contributed by atoms with van der Waals surface area (Å²) in [5.74, 6) is -5.16. The third kappa shape index (κ3) is 6.50. The maximum Gasteiger partial charge on any atom is 0.278 e. The van der Waals surface area contributed by atoms with Gasteiger partial charge in [0.2, 0.25) is 0 Å². The Bertz CT molecular complexity index is 2010. The number of anilines is 1. The first-order valence-electron chi connectivity index (χ1n) is 16.9. The second kappa shape index (κ2) is 13.0. The molecule has 2 aromatic carbocycles. The van der Waals surface area contributed by atoms with Gasteiger partial charge in [-0.3, -0.25) is 9.58 Å². The highest BCUT2D eigenvalue weighted by atomic mass is 32.2. The van der Waals surface area contributed by atoms with Crippen LogP contribution in [0.4, 0.5) is 19.0 Å². The molecule has 1 atom stereocenters. The number of alkyl halides is 2. The zero-order valence-electron chi connectivity index (χ0n) is 27.4. The van der Waals surface area contributed by atoms with Crippen LogP contribution in [0.15, 0.2) is 42.7 Å². The number of nitriles is 1. The number of fused-ring (bicyclic) bond motifs is 6. The Morgan fingerprint density at radius 1 is 1.04 bits per heavy atom. The minimum atomic E-state index is -3.37. The molecule has 4 aliphatic rings. The molecule has 4 aromatic rings. The predicted octanol–water partition coefficient (Wildman–Crippen LogP) is 5.84. The van der Waals surface area contributed by atoms with Crippen LogP contribution in [-0.4, -0.2) is 63.1 Å². The average molecular weight is 693 g/mol. The van der Waals surface area contributed by atoms with Crippen LogP contribution in [0.2, 0.25) is 0 Å². The maximum atomic E-state index is 16.1. The van der Waals surface area contributed by atoms with Crippen molar-refractivity contribution in [2.75, 3.05) is 29.9 Å². The van der Waals surface area contributed by atoms with Gasteiger partial charge < -0.3 is 5.32 Å². The van der Waals surface area contributed by atoms with Gasteiger partial charge >= 0.3 is 0 Å². The van der Waals surface area contributed by atoms with Gasteiger partial charge in [-0.05, 0) is 82.2 Å². The van der Waals surface area contributed by atoms with Crippen LogP contribution in [0, 0.1) is 23.1 Å². The van der Waals surface area contributed by atoms with Crippen LogP contribution in [0.3, 0.4) is 0 Å². The van der Waals surface area contributed by atoms with Crippen LogP contribution >= 0.6 is 0 Å². The number of aryl methyl sites for hydroxylation is 2. The second-order valence-electron chi connectivity index (χ2n) is 13.8. The second-order valence-corrected chi connectivity index (χ2v) is 16.1. The van der Waals surface area contributed by atoms with Crippen molar-refractivity contribution >= 4 is 26.4 Å². The Kier molecular flexibility index (Phi) is 8.85. The smallest absolute Gasteiger partial charge is 0.278 e. The zero-order valence-corrected chi connectivity index (χ0v) is 28.2. The van der Waals surface area contributed by atoms with Crippen molar-refractivity contribution < 1.29 is 21.6 Å². The van der Waals surface area contributed by atoms with E-state index in [0.717, 1.165) is 29.5 Å². The van der Waals surface area contributed by atoms with Crippen LogP contribution in [0.5, 0.6) is 0 Å². The van der Waals surface area contributed by atoms with Crippen molar-refractivity contribution in [3.05, 3.63) is 76.5 Å². The molecule has 0 aliphatic carbocycles. The number of piperidine rings is 1. The first-order valence-corrected chi connectivity index (χ1v) is 18.8. The Morgan fingerprint density at radius 2 is 1.82 bits per heavy atom. The van der Waals surface area contributed by atoms with Crippen LogP contribution < -0.4 is 5.32 Å². The van der Waals surface area contributed by atoms with E-state index >= 15 is 13.2 Å². The maximum absolute atomic E-state index is 16.1. The van der Waals surface area contributed by atoms with Crippen molar-refractivity contribution in [3.8, 4) is 6.07 Å². The lowest BCUT2D eigenvalue weighted by Crippen LogP contribution is -2.39. The third-order valence-corrected chi connectivity index (χ3v) is 12.3. The third-order valence-electron chi connectivity index (χ3n) is 10.7. The van der Waals surface area contributed by atoms with Gasteiger partial charge in [0.1, 0.15) is 15.7 Å². The van der Waals surface area contributed by atoms with Gasteiger partial charge in [0, 0.05) is 41.5 Å². The lowest BCUT2D eigenvalue weighted by molar-refractivity contribution is -0.0886. The number of hydrogen-bond donors (Lipinski definition) is 1. The van der Waals surface area contributed by atoms with Crippen LogP contribution in [0.1, 0.15) is 79.4 Å². The summed E-state index contributed by atoms with van der Waals surface area (Å²) in [4.78, 5) is 2.09. The van der Waals surface area contributed by atoms with E-state index < -0.39 is 44.5 Å². The number of nitrogens with zero attached hydrogens (tertiary/aromatic N) is 7. The SMILES string of the molecule is C[C@H]1Nc2nncc3c(cc(C4(C#N)CCS(=O)(=O)CC4)cc23)CCCCn2cc(nn2)CN2CCC(CC2)C(F)(F)c2cccc1c2F. The summed E-state index contributed by atoms with van der Waals surface area (Å²) in [6.07, 6.45) is 6.59. The van der Waals surface area contributed by atoms with E-state index in [0.29, 0.717) is 49.4 Å². The molecule has 49 heavy (non-hydrogen) atoms. The summed E-state index contributed by atoms with van der Waals surface area (Å²) >= 11 is 0. The van der Waals surface area contributed by atoms with E-state index in [1.165, 1.54) is 18.2 Å². The molecule has 6 heterocycles. The van der Waals surface area contributed by atoms with Gasteiger partial charge in [-0.1, -0.05) is 29.5 Å². The molecule has 4 aliphatic heterocycles. The summed E-state index contributed by atoms with van der Waals surface area (Å²) in [6.45, 7) is 3.76. The normalized spacial score (nSPS) is 25.1. The molecule has 0 unspecified atom stereocenters. The van der Waals surface area contributed by atoms with Crippen molar-refractivity contribution in [2.24, 2.45) is 5.92 Å². The zero-order chi connectivity index (χ0) is 34.4. The summed E-state index contributed by atoms with van der Waals surface area (Å²) in [6, 6.07) is 9.67. The number of benzene rings is 2. The monoisotopic (exact) mass is 692 g/mol. The molecule has 0 saturated carbocycles. The Balaban J connectivity index is 1.31. The number of aromatic nitrogens is 5. The molecular formula is C35H39F3N8O2S. The highest BCUT2D eigenvalue weighted by Crippen LogP contribution is 2.44. The Hall–Kier alpha value is -4.09. The van der Waals surface area contributed by atoms with E-state index in [4.69, 9.17) is 0 Å². The fraction of sp³-hybridized carbons (Fsp3) is 0.514. The van der Waals surface area contributed by atoms with Crippen LogP contribution in [0.25, 0.3) is 10.8 Å². The molecule has 14 heteroatoms. The molecule has 2 fully saturated rings. The van der Waals surface area contributed by atoms with Gasteiger partial charge in [-0.25, -0.2) is 21.6 Å². The summed E-state index contributed by atoms with van der Waals surface area (Å²) < 4.78 is 74.7. The number of sulfone groups is 1. The molecule has 0 radical (unpaired) electrons. The summed E-state index contributed by atoms with van der Waals surface area (Å²) in [5.41, 5.74) is 0.862. The van der Waals surface area contributed by atoms with Crippen LogP contribution in [-0.2, 0) is 40.7 Å². The lowest BCUT2D eigenvalue weighted by Gasteiger charge is -2.36. The minimum absolute atomic E-state index is 0.0799. The van der Waals surface area contributed by atoms with Gasteiger partial charge in [0.05, 0.1) is 46.5 Å². The van der Waals surface area contributed by atoms with Crippen molar-refractivity contribution in [1.82, 2.24) is 30.1 Å². The van der Waals surface area contributed by atoms with Gasteiger partial charge in [-0.2, -0.15) is 10.4 Å². The number of nitrogens with one attached hydrogen (secondary N) is 1. The molecule has 0 spiro atoms. The lowest BCUT2D eigenvalue weighted by atomic mass is 9.75. The molecule has 2 saturated heterocycles. The molecule has 10 bridgehead atoms. The fourth-order valence-electron chi connectivity index (χ4n) is 7.64. The minimum Gasteiger partial charge on any atom is -0.361 e. The van der Waals surface area contributed by atoms with Gasteiger partial charge in [-0.15, -0.1) is 10.2 Å². The number of hydrogen-bond acceptors (Lipinski definition) is 9. The molecule has 258 valence electrons. The quantitative estimate of drug-likeness (QED) is 0.261. The van der Waals surface area contributed by atoms with E-state index in [2.05, 4.69) is 36.8 Å². The Morgan fingerprint density at radius 3 is 2.57 bits per heavy atom. The molecule has 1 N–H and O–H groups in total. The Labute approximate surface area is 283 Å². The van der Waals surface area contributed by atoms with Gasteiger partial charge in [0.15, 0.2) is 5.82 Å². The topological polar surface area (TPSA) is 130 Å². The molecule has 8 rings (SSSR count). The largest absolute Gasteiger partial charge is 0.361 e. The number of rotatable bonds is 1. The average Bonchev–Trinajstić information content (AvgIpc) is 3.53. The van der Waals surface area contributed by atoms with E-state index in [9.17, 15) is 13.7 Å². The van der Waals surface area contributed by atoms with E-state index in [1.54, 1.807) is 17.8 Å². The summed E-state index contributed by atoms with van der Waals surface area (Å²) in [5, 5.41) is 32.3. The first kappa shape index (κ1) is 33.4. The fourth-order valence-corrected chi connectivity index (χ4v) is 9.16.